The molecule has 0 saturated carbocycles. The highest BCUT2D eigenvalue weighted by Crippen LogP contribution is 2.26. The summed E-state index contributed by atoms with van der Waals surface area (Å²) < 4.78 is 15.2. The number of carbonyl (C=O) groups is 1. The second-order valence-corrected chi connectivity index (χ2v) is 5.48. The van der Waals surface area contributed by atoms with E-state index in [2.05, 4.69) is 10.2 Å². The number of rotatable bonds is 6. The molecular formula is C14H16FN3O2S. The Morgan fingerprint density at radius 1 is 1.48 bits per heavy atom. The van der Waals surface area contributed by atoms with Crippen molar-refractivity contribution in [2.75, 3.05) is 5.75 Å². The van der Waals surface area contributed by atoms with Crippen molar-refractivity contribution < 1.29 is 14.3 Å². The Kier molecular flexibility index (Phi) is 4.95. The first-order valence-corrected chi connectivity index (χ1v) is 7.55. The molecule has 21 heavy (non-hydrogen) atoms. The van der Waals surface area contributed by atoms with E-state index >= 15 is 0 Å². The molecule has 0 aliphatic carbocycles. The monoisotopic (exact) mass is 309 g/mol. The van der Waals surface area contributed by atoms with Crippen LogP contribution in [0.2, 0.25) is 0 Å². The number of aromatic nitrogens is 3. The number of aryl methyl sites for hydroxylation is 1. The lowest BCUT2D eigenvalue weighted by atomic mass is 10.1. The molecule has 2 rings (SSSR count). The van der Waals surface area contributed by atoms with Crippen LogP contribution in [0.15, 0.2) is 29.4 Å². The molecule has 0 spiro atoms. The van der Waals surface area contributed by atoms with Gasteiger partial charge in [-0.3, -0.25) is 9.36 Å². The highest BCUT2D eigenvalue weighted by molar-refractivity contribution is 7.99. The molecule has 0 aliphatic rings. The van der Waals surface area contributed by atoms with E-state index in [9.17, 15) is 9.18 Å². The van der Waals surface area contributed by atoms with E-state index in [1.54, 1.807) is 6.07 Å². The molecule has 1 atom stereocenters. The van der Waals surface area contributed by atoms with E-state index in [4.69, 9.17) is 5.11 Å². The number of benzene rings is 1. The van der Waals surface area contributed by atoms with E-state index < -0.39 is 5.97 Å². The van der Waals surface area contributed by atoms with Crippen LogP contribution in [0.25, 0.3) is 0 Å². The van der Waals surface area contributed by atoms with Gasteiger partial charge >= 0.3 is 5.97 Å². The lowest BCUT2D eigenvalue weighted by Gasteiger charge is -2.18. The Morgan fingerprint density at radius 2 is 2.24 bits per heavy atom. The summed E-state index contributed by atoms with van der Waals surface area (Å²) in [6.07, 6.45) is 0.667. The van der Waals surface area contributed by atoms with Crippen molar-refractivity contribution >= 4 is 17.7 Å². The van der Waals surface area contributed by atoms with Crippen LogP contribution < -0.4 is 0 Å². The van der Waals surface area contributed by atoms with Gasteiger partial charge in [0.15, 0.2) is 5.16 Å². The van der Waals surface area contributed by atoms with E-state index in [1.165, 1.54) is 12.1 Å². The van der Waals surface area contributed by atoms with Crippen LogP contribution in [0.5, 0.6) is 0 Å². The Labute approximate surface area is 126 Å². The van der Waals surface area contributed by atoms with E-state index in [0.29, 0.717) is 11.6 Å². The predicted octanol–water partition coefficient (Wildman–Crippen LogP) is 2.77. The fraction of sp³-hybridized carbons (Fsp3) is 0.357. The van der Waals surface area contributed by atoms with Crippen molar-refractivity contribution in [3.8, 4) is 0 Å². The van der Waals surface area contributed by atoms with Crippen molar-refractivity contribution in [3.63, 3.8) is 0 Å². The number of carboxylic acids is 1. The number of hydrogen-bond donors (Lipinski definition) is 1. The summed E-state index contributed by atoms with van der Waals surface area (Å²) in [5, 5.41) is 17.5. The molecule has 7 heteroatoms. The lowest BCUT2D eigenvalue weighted by Crippen LogP contribution is -2.12. The average Bonchev–Trinajstić information content (AvgIpc) is 2.87. The molecule has 0 aliphatic heterocycles. The smallest absolute Gasteiger partial charge is 0.313 e. The normalized spacial score (nSPS) is 12.3. The molecule has 5 nitrogen and oxygen atoms in total. The molecule has 112 valence electrons. The van der Waals surface area contributed by atoms with Gasteiger partial charge in [-0.15, -0.1) is 10.2 Å². The van der Waals surface area contributed by atoms with Crippen molar-refractivity contribution in [2.24, 2.45) is 0 Å². The van der Waals surface area contributed by atoms with Crippen LogP contribution in [0, 0.1) is 5.82 Å². The standard InChI is InChI=1S/C14H16FN3O2S/c1-3-12-16-17-14(21-8-13(19)20)18(12)9(2)10-5-4-6-11(15)7-10/h4-7,9H,3,8H2,1-2H3,(H,19,20). The zero-order valence-corrected chi connectivity index (χ0v) is 12.6. The summed E-state index contributed by atoms with van der Waals surface area (Å²) in [6, 6.07) is 6.18. The molecule has 0 bridgehead atoms. The lowest BCUT2D eigenvalue weighted by molar-refractivity contribution is -0.133. The molecule has 0 amide bonds. The predicted molar refractivity (Wildman–Crippen MR) is 78.0 cm³/mol. The summed E-state index contributed by atoms with van der Waals surface area (Å²) in [6.45, 7) is 3.87. The van der Waals surface area contributed by atoms with Crippen molar-refractivity contribution in [1.82, 2.24) is 14.8 Å². The molecule has 1 unspecified atom stereocenters. The Hall–Kier alpha value is -1.89. The Morgan fingerprint density at radius 3 is 2.86 bits per heavy atom. The summed E-state index contributed by atoms with van der Waals surface area (Å²) in [5.41, 5.74) is 0.793. The number of hydrogen-bond acceptors (Lipinski definition) is 4. The average molecular weight is 309 g/mol. The van der Waals surface area contributed by atoms with Gasteiger partial charge in [-0.1, -0.05) is 30.8 Å². The molecule has 1 N–H and O–H groups in total. The van der Waals surface area contributed by atoms with Gasteiger partial charge < -0.3 is 5.11 Å². The zero-order valence-electron chi connectivity index (χ0n) is 11.8. The van der Waals surface area contributed by atoms with Crippen LogP contribution in [0.1, 0.15) is 31.3 Å². The minimum Gasteiger partial charge on any atom is -0.481 e. The number of nitrogens with zero attached hydrogens (tertiary/aromatic N) is 3. The summed E-state index contributed by atoms with van der Waals surface area (Å²) in [7, 11) is 0. The molecule has 2 aromatic rings. The quantitative estimate of drug-likeness (QED) is 0.831. The minimum absolute atomic E-state index is 0.0856. The van der Waals surface area contributed by atoms with Gasteiger partial charge in [-0.05, 0) is 24.6 Å². The number of thioether (sulfide) groups is 1. The van der Waals surface area contributed by atoms with Crippen molar-refractivity contribution in [1.29, 1.82) is 0 Å². The van der Waals surface area contributed by atoms with Crippen LogP contribution in [0.4, 0.5) is 4.39 Å². The first-order valence-electron chi connectivity index (χ1n) is 6.56. The van der Waals surface area contributed by atoms with Crippen molar-refractivity contribution in [2.45, 2.75) is 31.5 Å². The highest BCUT2D eigenvalue weighted by atomic mass is 32.2. The molecule has 1 heterocycles. The molecule has 0 fully saturated rings. The fourth-order valence-electron chi connectivity index (χ4n) is 2.08. The molecule has 1 aromatic carbocycles. The molecular weight excluding hydrogens is 293 g/mol. The van der Waals surface area contributed by atoms with Gasteiger partial charge in [-0.25, -0.2) is 4.39 Å². The van der Waals surface area contributed by atoms with Gasteiger partial charge in [-0.2, -0.15) is 0 Å². The molecule has 1 aromatic heterocycles. The summed E-state index contributed by atoms with van der Waals surface area (Å²) >= 11 is 1.11. The number of aliphatic carboxylic acids is 1. The van der Waals surface area contributed by atoms with E-state index in [-0.39, 0.29) is 17.6 Å². The highest BCUT2D eigenvalue weighted by Gasteiger charge is 2.19. The number of halogens is 1. The minimum atomic E-state index is -0.911. The maximum atomic E-state index is 13.4. The largest absolute Gasteiger partial charge is 0.481 e. The van der Waals surface area contributed by atoms with Crippen LogP contribution in [0.3, 0.4) is 0 Å². The summed E-state index contributed by atoms with van der Waals surface area (Å²) in [5.74, 6) is -0.548. The van der Waals surface area contributed by atoms with Gasteiger partial charge in [0.05, 0.1) is 11.8 Å². The Balaban J connectivity index is 2.36. The van der Waals surface area contributed by atoms with Crippen LogP contribution >= 0.6 is 11.8 Å². The SMILES string of the molecule is CCc1nnc(SCC(=O)O)n1C(C)c1cccc(F)c1. The Bertz CT molecular complexity index is 645. The van der Waals surface area contributed by atoms with E-state index in [1.807, 2.05) is 24.5 Å². The maximum Gasteiger partial charge on any atom is 0.313 e. The topological polar surface area (TPSA) is 68.0 Å². The van der Waals surface area contributed by atoms with Crippen LogP contribution in [-0.2, 0) is 11.2 Å². The maximum absolute atomic E-state index is 13.4. The third-order valence-electron chi connectivity index (χ3n) is 3.09. The first-order chi connectivity index (χ1) is 10.0. The van der Waals surface area contributed by atoms with Crippen LogP contribution in [-0.4, -0.2) is 31.6 Å². The molecule has 0 radical (unpaired) electrons. The first kappa shape index (κ1) is 15.5. The van der Waals surface area contributed by atoms with Gasteiger partial charge in [0.25, 0.3) is 0 Å². The van der Waals surface area contributed by atoms with Gasteiger partial charge in [0.1, 0.15) is 11.6 Å². The third kappa shape index (κ3) is 3.60. The summed E-state index contributed by atoms with van der Waals surface area (Å²) in [4.78, 5) is 10.7. The van der Waals surface area contributed by atoms with E-state index in [0.717, 1.165) is 23.1 Å². The number of carboxylic acid groups (broad SMARTS) is 1. The van der Waals surface area contributed by atoms with Crippen molar-refractivity contribution in [3.05, 3.63) is 41.5 Å². The second-order valence-electron chi connectivity index (χ2n) is 4.54. The van der Waals surface area contributed by atoms with Gasteiger partial charge in [0, 0.05) is 6.42 Å². The third-order valence-corrected chi connectivity index (χ3v) is 4.02. The van der Waals surface area contributed by atoms with Gasteiger partial charge in [0.2, 0.25) is 0 Å². The second kappa shape index (κ2) is 6.71. The fourth-order valence-corrected chi connectivity index (χ4v) is 2.83. The molecule has 0 saturated heterocycles. The zero-order chi connectivity index (χ0) is 15.4.